The zero-order valence-corrected chi connectivity index (χ0v) is 11.2. The van der Waals surface area contributed by atoms with E-state index >= 15 is 0 Å². The minimum Gasteiger partial charge on any atom is -0.454 e. The highest BCUT2D eigenvalue weighted by Gasteiger charge is 2.18. The van der Waals surface area contributed by atoms with Gasteiger partial charge in [0.15, 0.2) is 17.2 Å². The zero-order valence-electron chi connectivity index (χ0n) is 11.2. The Morgan fingerprint density at radius 2 is 2.14 bits per heavy atom. The first-order valence-electron chi connectivity index (χ1n) is 6.65. The lowest BCUT2D eigenvalue weighted by Crippen LogP contribution is -2.17. The maximum Gasteiger partial charge on any atom is 0.276 e. The molecule has 2 aliphatic rings. The summed E-state index contributed by atoms with van der Waals surface area (Å²) in [6.45, 7) is 2.00. The highest BCUT2D eigenvalue weighted by molar-refractivity contribution is 6.03. The van der Waals surface area contributed by atoms with Gasteiger partial charge in [0.25, 0.3) is 5.91 Å². The molecule has 1 N–H and O–H groups in total. The molecule has 21 heavy (non-hydrogen) atoms. The van der Waals surface area contributed by atoms with Gasteiger partial charge in [0.1, 0.15) is 0 Å². The molecule has 108 valence electrons. The SMILES string of the molecule is O=C(Nc1ccc2c(c1)OCO2)c1cc2n(n1)CCOC2. The summed E-state index contributed by atoms with van der Waals surface area (Å²) < 4.78 is 17.7. The van der Waals surface area contributed by atoms with Gasteiger partial charge in [-0.25, -0.2) is 0 Å². The molecular formula is C14H13N3O4. The van der Waals surface area contributed by atoms with Crippen LogP contribution in [0.25, 0.3) is 0 Å². The van der Waals surface area contributed by atoms with Crippen LogP contribution in [0.1, 0.15) is 16.2 Å². The van der Waals surface area contributed by atoms with Gasteiger partial charge >= 0.3 is 0 Å². The lowest BCUT2D eigenvalue weighted by atomic mass is 10.2. The van der Waals surface area contributed by atoms with E-state index in [1.165, 1.54) is 0 Å². The number of hydrogen-bond acceptors (Lipinski definition) is 5. The Hall–Kier alpha value is -2.54. The number of carbonyl (C=O) groups excluding carboxylic acids is 1. The molecule has 1 aromatic heterocycles. The predicted molar refractivity (Wildman–Crippen MR) is 72.4 cm³/mol. The Bertz CT molecular complexity index is 687. The first-order chi connectivity index (χ1) is 10.3. The Morgan fingerprint density at radius 1 is 1.24 bits per heavy atom. The van der Waals surface area contributed by atoms with Crippen LogP contribution < -0.4 is 14.8 Å². The van der Waals surface area contributed by atoms with Crippen molar-refractivity contribution in [1.29, 1.82) is 0 Å². The lowest BCUT2D eigenvalue weighted by molar-refractivity contribution is 0.0798. The summed E-state index contributed by atoms with van der Waals surface area (Å²) in [6.07, 6.45) is 0. The first kappa shape index (κ1) is 12.2. The molecule has 0 aliphatic carbocycles. The van der Waals surface area contributed by atoms with Gasteiger partial charge in [-0.1, -0.05) is 0 Å². The Balaban J connectivity index is 1.54. The smallest absolute Gasteiger partial charge is 0.276 e. The van der Waals surface area contributed by atoms with Gasteiger partial charge in [0.05, 0.1) is 25.5 Å². The van der Waals surface area contributed by atoms with Crippen molar-refractivity contribution in [1.82, 2.24) is 9.78 Å². The van der Waals surface area contributed by atoms with Crippen LogP contribution in [-0.2, 0) is 17.9 Å². The average Bonchev–Trinajstić information content (AvgIpc) is 3.13. The molecule has 0 saturated carbocycles. The molecule has 0 atom stereocenters. The average molecular weight is 287 g/mol. The number of amides is 1. The van der Waals surface area contributed by atoms with Crippen molar-refractivity contribution >= 4 is 11.6 Å². The summed E-state index contributed by atoms with van der Waals surface area (Å²) in [6, 6.07) is 7.02. The number of hydrogen-bond donors (Lipinski definition) is 1. The molecule has 1 aromatic carbocycles. The quantitative estimate of drug-likeness (QED) is 0.903. The summed E-state index contributed by atoms with van der Waals surface area (Å²) >= 11 is 0. The van der Waals surface area contributed by atoms with Crippen molar-refractivity contribution in [2.45, 2.75) is 13.2 Å². The van der Waals surface area contributed by atoms with Crippen molar-refractivity contribution in [3.63, 3.8) is 0 Å². The standard InChI is InChI=1S/C14H13N3O4/c18-14(11-6-10-7-19-4-3-17(10)16-11)15-9-1-2-12-13(5-9)21-8-20-12/h1-2,5-6H,3-4,7-8H2,(H,15,18). The fraction of sp³-hybridized carbons (Fsp3) is 0.286. The van der Waals surface area contributed by atoms with Crippen molar-refractivity contribution in [2.24, 2.45) is 0 Å². The number of rotatable bonds is 2. The third kappa shape index (κ3) is 2.21. The summed E-state index contributed by atoms with van der Waals surface area (Å²) in [4.78, 5) is 12.2. The summed E-state index contributed by atoms with van der Waals surface area (Å²) in [5, 5.41) is 7.09. The van der Waals surface area contributed by atoms with Crippen LogP contribution >= 0.6 is 0 Å². The topological polar surface area (TPSA) is 74.6 Å². The van der Waals surface area contributed by atoms with Crippen LogP contribution in [-0.4, -0.2) is 29.1 Å². The van der Waals surface area contributed by atoms with Crippen LogP contribution in [0.2, 0.25) is 0 Å². The van der Waals surface area contributed by atoms with Gasteiger partial charge in [-0.2, -0.15) is 5.10 Å². The van der Waals surface area contributed by atoms with E-state index in [9.17, 15) is 4.79 Å². The minimum absolute atomic E-state index is 0.209. The van der Waals surface area contributed by atoms with E-state index in [2.05, 4.69) is 10.4 Å². The van der Waals surface area contributed by atoms with Gasteiger partial charge in [0, 0.05) is 11.8 Å². The lowest BCUT2D eigenvalue weighted by Gasteiger charge is -2.12. The number of anilines is 1. The largest absolute Gasteiger partial charge is 0.454 e. The van der Waals surface area contributed by atoms with Crippen molar-refractivity contribution < 1.29 is 19.0 Å². The van der Waals surface area contributed by atoms with E-state index in [-0.39, 0.29) is 12.7 Å². The van der Waals surface area contributed by atoms with Crippen LogP contribution in [0.3, 0.4) is 0 Å². The van der Waals surface area contributed by atoms with Gasteiger partial charge in [-0.05, 0) is 18.2 Å². The molecule has 7 heteroatoms. The molecule has 0 radical (unpaired) electrons. The van der Waals surface area contributed by atoms with Crippen LogP contribution in [0.4, 0.5) is 5.69 Å². The Morgan fingerprint density at radius 3 is 3.05 bits per heavy atom. The van der Waals surface area contributed by atoms with Crippen molar-refractivity contribution in [3.05, 3.63) is 35.7 Å². The zero-order chi connectivity index (χ0) is 14.2. The number of carbonyl (C=O) groups is 1. The summed E-state index contributed by atoms with van der Waals surface area (Å²) in [7, 11) is 0. The summed E-state index contributed by atoms with van der Waals surface area (Å²) in [5.41, 5.74) is 1.94. The second-order valence-electron chi connectivity index (χ2n) is 4.82. The fourth-order valence-electron chi connectivity index (χ4n) is 2.37. The molecule has 0 unspecified atom stereocenters. The second kappa shape index (κ2) is 4.78. The van der Waals surface area contributed by atoms with Gasteiger partial charge in [-0.3, -0.25) is 9.48 Å². The molecule has 0 fully saturated rings. The maximum atomic E-state index is 12.2. The van der Waals surface area contributed by atoms with Crippen molar-refractivity contribution in [2.75, 3.05) is 18.7 Å². The molecule has 2 aromatic rings. The number of benzene rings is 1. The minimum atomic E-state index is -0.254. The molecule has 7 nitrogen and oxygen atoms in total. The number of nitrogens with one attached hydrogen (secondary N) is 1. The van der Waals surface area contributed by atoms with E-state index in [4.69, 9.17) is 14.2 Å². The highest BCUT2D eigenvalue weighted by atomic mass is 16.7. The van der Waals surface area contributed by atoms with Gasteiger partial charge < -0.3 is 19.5 Å². The van der Waals surface area contributed by atoms with Crippen LogP contribution in [0.15, 0.2) is 24.3 Å². The van der Waals surface area contributed by atoms with Gasteiger partial charge in [0.2, 0.25) is 6.79 Å². The normalized spacial score (nSPS) is 15.6. The fourth-order valence-corrected chi connectivity index (χ4v) is 2.37. The van der Waals surface area contributed by atoms with Crippen LogP contribution in [0, 0.1) is 0 Å². The van der Waals surface area contributed by atoms with Crippen LogP contribution in [0.5, 0.6) is 11.5 Å². The van der Waals surface area contributed by atoms with E-state index in [0.29, 0.717) is 42.6 Å². The molecule has 2 aliphatic heterocycles. The van der Waals surface area contributed by atoms with E-state index in [1.807, 2.05) is 0 Å². The third-order valence-electron chi connectivity index (χ3n) is 3.42. The number of aromatic nitrogens is 2. The molecule has 4 rings (SSSR count). The molecule has 0 saturated heterocycles. The van der Waals surface area contributed by atoms with E-state index in [0.717, 1.165) is 5.69 Å². The second-order valence-corrected chi connectivity index (χ2v) is 4.82. The number of nitrogens with zero attached hydrogens (tertiary/aromatic N) is 2. The van der Waals surface area contributed by atoms with E-state index in [1.54, 1.807) is 28.9 Å². The van der Waals surface area contributed by atoms with Gasteiger partial charge in [-0.15, -0.1) is 0 Å². The molecule has 0 bridgehead atoms. The monoisotopic (exact) mass is 287 g/mol. The number of fused-ring (bicyclic) bond motifs is 2. The Kier molecular flexibility index (Phi) is 2.78. The maximum absolute atomic E-state index is 12.2. The first-order valence-corrected chi connectivity index (χ1v) is 6.65. The third-order valence-corrected chi connectivity index (χ3v) is 3.42. The summed E-state index contributed by atoms with van der Waals surface area (Å²) in [5.74, 6) is 1.06. The number of ether oxygens (including phenoxy) is 3. The predicted octanol–water partition coefficient (Wildman–Crippen LogP) is 1.39. The molecule has 1 amide bonds. The highest BCUT2D eigenvalue weighted by Crippen LogP contribution is 2.34. The van der Waals surface area contributed by atoms with E-state index < -0.39 is 0 Å². The molecule has 3 heterocycles. The molecule has 0 spiro atoms. The Labute approximate surface area is 120 Å². The molecular weight excluding hydrogens is 274 g/mol. The van der Waals surface area contributed by atoms with Crippen molar-refractivity contribution in [3.8, 4) is 11.5 Å².